The second kappa shape index (κ2) is 60.0. The summed E-state index contributed by atoms with van der Waals surface area (Å²) in [6, 6.07) is 54.9. The van der Waals surface area contributed by atoms with Crippen LogP contribution in [0.1, 0.15) is 299 Å². The van der Waals surface area contributed by atoms with E-state index in [2.05, 4.69) is 163 Å². The number of ketones is 1. The van der Waals surface area contributed by atoms with Gasteiger partial charge in [-0.3, -0.25) is 14.5 Å². The van der Waals surface area contributed by atoms with Gasteiger partial charge in [0.15, 0.2) is 20.5 Å². The highest BCUT2D eigenvalue weighted by molar-refractivity contribution is 7.97. The molecule has 2 heterocycles. The SMILES string of the molecule is CC(C)(C)OC(=O)n1c(-c2ccccc2)nc2ccccc21.CCC12CCC(CC1=O)C2(C)C.CCCCCCCCCCCC(=O)OCCN1CCOCC1.CCCCCCCCCCCC[N+](C)(C)CC(=O)[O-].CCCC[N+](CCCC)(CCCC)CCCC.O=C(O)c1ccccc1[O-].c1ccc([S+](c2ccccc2)c2ccccc2)cc1. The van der Waals surface area contributed by atoms with E-state index in [-0.39, 0.29) is 34.4 Å². The van der Waals surface area contributed by atoms with Crippen LogP contribution in [0.25, 0.3) is 22.4 Å². The number of hydrogen-bond acceptors (Lipinski definition) is 12. The standard InChI is InChI=1S/C18H18N2O2.C18H35NO3.C18H15S.C16H33NO2.C16H36N.C11H18O.C7H6O3/c1-18(2,3)22-17(21)20-15-12-8-7-11-14(15)19-16(20)13-9-5-4-6-10-13;1-2-3-4-5-6-7-8-9-10-11-18(20)22-17-14-19-12-15-21-16-13-19;1-4-10-16(11-5-1)19(17-12-6-2-7-13-17)18-14-8-3-9-15-18;1-4-5-6-7-8-9-10-11-12-13-14-17(2,3)15-16(18)19;1-5-9-13-17(14-10-6-2,15-11-7-3)16-12-8-4;1-4-11-6-5-8(7-9(11)12)10(11,2)3;8-6-4-2-1-3-5(6)7(9)10/h4-12H,1-3H3;2-17H2,1H3;1-15H;4-15H2,1-3H3;5-16H2,1-4H3;8H,4-7H2,1-3H3;1-4,8H,(H,9,10)/q;;+1;;+1;;/p-1. The lowest BCUT2D eigenvalue weighted by Crippen LogP contribution is -2.50. The van der Waals surface area contributed by atoms with E-state index in [9.17, 15) is 34.2 Å². The average Bonchev–Trinajstić information content (AvgIpc) is 1.56. The van der Waals surface area contributed by atoms with E-state index in [0.717, 1.165) is 94.5 Å². The maximum absolute atomic E-state index is 12.6. The number of carboxylic acids is 2. The molecule has 2 unspecified atom stereocenters. The summed E-state index contributed by atoms with van der Waals surface area (Å²) in [5.41, 5.74) is 2.02. The van der Waals surface area contributed by atoms with Crippen LogP contribution in [0.15, 0.2) is 185 Å². The summed E-state index contributed by atoms with van der Waals surface area (Å²) >= 11 is 0. The molecule has 1 saturated heterocycles. The Labute approximate surface area is 735 Å². The lowest BCUT2D eigenvalue weighted by molar-refractivity contribution is -0.929. The number of carboxylic acid groups (broad SMARTS) is 2. The highest BCUT2D eigenvalue weighted by Crippen LogP contribution is 2.65. The van der Waals surface area contributed by atoms with Crippen LogP contribution in [0, 0.1) is 16.7 Å². The van der Waals surface area contributed by atoms with Crippen molar-refractivity contribution in [3.05, 3.63) is 175 Å². The van der Waals surface area contributed by atoms with Gasteiger partial charge in [0.2, 0.25) is 0 Å². The molecular formula is C104H160N5O11S+. The third kappa shape index (κ3) is 40.2. The Morgan fingerprint density at radius 1 is 0.554 bits per heavy atom. The normalized spacial score (nSPS) is 15.3. The first kappa shape index (κ1) is 106. The van der Waals surface area contributed by atoms with Gasteiger partial charge in [-0.2, -0.15) is 0 Å². The van der Waals surface area contributed by atoms with Crippen molar-refractivity contribution in [2.24, 2.45) is 16.7 Å². The predicted molar refractivity (Wildman–Crippen MR) is 498 cm³/mol. The first-order chi connectivity index (χ1) is 58.2. The lowest BCUT2D eigenvalue weighted by atomic mass is 9.67. The fraction of sp³-hybridized carbons (Fsp3) is 0.596. The number of fused-ring (bicyclic) bond motifs is 3. The number of ether oxygens (including phenoxy) is 3. The first-order valence-electron chi connectivity index (χ1n) is 46.7. The summed E-state index contributed by atoms with van der Waals surface area (Å²) in [5, 5.41) is 29.6. The Balaban J connectivity index is 0.000000300. The van der Waals surface area contributed by atoms with E-state index in [1.165, 1.54) is 235 Å². The van der Waals surface area contributed by atoms with Crippen LogP contribution in [-0.4, -0.2) is 157 Å². The third-order valence-corrected chi connectivity index (χ3v) is 26.1. The van der Waals surface area contributed by atoms with Crippen LogP contribution in [0.5, 0.6) is 5.75 Å². The zero-order valence-electron chi connectivity index (χ0n) is 77.5. The number of aromatic nitrogens is 2. The molecule has 672 valence electrons. The van der Waals surface area contributed by atoms with Gasteiger partial charge in [0, 0.05) is 43.5 Å². The number of esters is 1. The maximum Gasteiger partial charge on any atom is 0.420 e. The van der Waals surface area contributed by atoms with Gasteiger partial charge in [-0.25, -0.2) is 19.1 Å². The number of benzene rings is 6. The molecule has 16 nitrogen and oxygen atoms in total. The number of quaternary nitrogens is 2. The molecule has 3 aliphatic rings. The fourth-order valence-electron chi connectivity index (χ4n) is 16.5. The van der Waals surface area contributed by atoms with Crippen molar-refractivity contribution < 1.29 is 62.5 Å². The number of morpholine rings is 1. The van der Waals surface area contributed by atoms with E-state index in [0.29, 0.717) is 40.5 Å². The molecule has 3 fully saturated rings. The van der Waals surface area contributed by atoms with Crippen molar-refractivity contribution in [2.45, 2.75) is 309 Å². The van der Waals surface area contributed by atoms with Crippen LogP contribution in [-0.2, 0) is 39.5 Å². The van der Waals surface area contributed by atoms with Gasteiger partial charge in [0.1, 0.15) is 24.5 Å². The molecule has 121 heavy (non-hydrogen) atoms. The van der Waals surface area contributed by atoms with E-state index in [1.807, 2.05) is 89.5 Å². The molecule has 2 atom stereocenters. The van der Waals surface area contributed by atoms with Crippen molar-refractivity contribution in [1.29, 1.82) is 0 Å². The van der Waals surface area contributed by atoms with E-state index < -0.39 is 29.4 Å². The number of imidazole rings is 1. The minimum atomic E-state index is -1.18. The first-order valence-corrected chi connectivity index (χ1v) is 47.9. The molecule has 0 amide bonds. The molecular weight excluding hydrogens is 1530 g/mol. The molecule has 2 bridgehead atoms. The van der Waals surface area contributed by atoms with Crippen molar-refractivity contribution >= 4 is 51.7 Å². The summed E-state index contributed by atoms with van der Waals surface area (Å²) in [6.45, 7) is 37.8. The zero-order chi connectivity index (χ0) is 88.6. The van der Waals surface area contributed by atoms with Crippen LogP contribution in [0.2, 0.25) is 0 Å². The molecule has 6 aromatic carbocycles. The average molecular weight is 1690 g/mol. The van der Waals surface area contributed by atoms with E-state index in [4.69, 9.17) is 19.3 Å². The quantitative estimate of drug-likeness (QED) is 0.0164. The van der Waals surface area contributed by atoms with Gasteiger partial charge >= 0.3 is 18.0 Å². The van der Waals surface area contributed by atoms with Gasteiger partial charge in [-0.15, -0.1) is 0 Å². The number of aliphatic carboxylic acids is 1. The van der Waals surface area contributed by atoms with Crippen LogP contribution in [0.4, 0.5) is 4.79 Å². The largest absolute Gasteiger partial charge is 0.872 e. The number of unbranched alkanes of at least 4 members (excludes halogenated alkanes) is 21. The van der Waals surface area contributed by atoms with Crippen molar-refractivity contribution in [3.63, 3.8) is 0 Å². The smallest absolute Gasteiger partial charge is 0.420 e. The minimum absolute atomic E-state index is 0.0146. The molecule has 10 rings (SSSR count). The third-order valence-electron chi connectivity index (χ3n) is 23.8. The summed E-state index contributed by atoms with van der Waals surface area (Å²) in [7, 11) is 3.91. The highest BCUT2D eigenvalue weighted by atomic mass is 32.2. The van der Waals surface area contributed by atoms with E-state index in [1.54, 1.807) is 0 Å². The second-order valence-corrected chi connectivity index (χ2v) is 37.5. The maximum atomic E-state index is 12.6. The van der Waals surface area contributed by atoms with E-state index >= 15 is 0 Å². The number of carbonyl (C=O) groups is 5. The highest BCUT2D eigenvalue weighted by Gasteiger charge is 2.62. The number of likely N-dealkylation sites (N-methyl/N-ethyl adjacent to an activating group) is 1. The summed E-state index contributed by atoms with van der Waals surface area (Å²) in [6.07, 6.45) is 40.3. The Morgan fingerprint density at radius 3 is 1.37 bits per heavy atom. The molecule has 17 heteroatoms. The van der Waals surface area contributed by atoms with Gasteiger partial charge in [-0.05, 0) is 151 Å². The summed E-state index contributed by atoms with van der Waals surface area (Å²) in [5.74, 6) is -0.777. The van der Waals surface area contributed by atoms with Gasteiger partial charge < -0.3 is 43.3 Å². The number of para-hydroxylation sites is 3. The van der Waals surface area contributed by atoms with Gasteiger partial charge in [0.05, 0.1) is 93.5 Å². The Morgan fingerprint density at radius 2 is 0.975 bits per heavy atom. The van der Waals surface area contributed by atoms with Crippen molar-refractivity contribution in [2.75, 3.05) is 92.8 Å². The number of aromatic carboxylic acids is 1. The number of Topliss-reactive ketones (excluding diaryl/α,β-unsaturated/α-hetero) is 1. The lowest BCUT2D eigenvalue weighted by Gasteiger charge is -2.39. The summed E-state index contributed by atoms with van der Waals surface area (Å²) < 4.78 is 19.6. The van der Waals surface area contributed by atoms with Gasteiger partial charge in [0.25, 0.3) is 0 Å². The topological polar surface area (TPSA) is 200 Å². The fourth-order valence-corrected chi connectivity index (χ4v) is 18.6. The minimum Gasteiger partial charge on any atom is -0.872 e. The second-order valence-electron chi connectivity index (χ2n) is 35.4. The van der Waals surface area contributed by atoms with Crippen molar-refractivity contribution in [1.82, 2.24) is 14.5 Å². The Bertz CT molecular complexity index is 3770. The van der Waals surface area contributed by atoms with Crippen molar-refractivity contribution in [3.8, 4) is 17.1 Å². The Hall–Kier alpha value is -7.67. The van der Waals surface area contributed by atoms with Crippen LogP contribution >= 0.6 is 0 Å². The number of hydrogen-bond donors (Lipinski definition) is 1. The molecule has 1 aromatic heterocycles. The van der Waals surface area contributed by atoms with Gasteiger partial charge in [-0.1, -0.05) is 312 Å². The monoisotopic (exact) mass is 1690 g/mol. The Kier molecular flexibility index (Phi) is 52.4. The molecule has 0 radical (unpaired) electrons. The number of rotatable bonds is 44. The molecule has 7 aromatic rings. The van der Waals surface area contributed by atoms with Crippen LogP contribution in [0.3, 0.4) is 0 Å². The molecule has 1 N–H and O–H groups in total. The summed E-state index contributed by atoms with van der Waals surface area (Å²) in [4.78, 5) is 67.8. The zero-order valence-corrected chi connectivity index (χ0v) is 78.3. The number of nitrogens with zero attached hydrogens (tertiary/aromatic N) is 5. The molecule has 2 saturated carbocycles. The van der Waals surface area contributed by atoms with Crippen LogP contribution < -0.4 is 10.2 Å². The molecule has 2 aliphatic carbocycles. The molecule has 0 spiro atoms. The number of carbonyl (C=O) groups excluding carboxylic acids is 4. The predicted octanol–water partition coefficient (Wildman–Crippen LogP) is 24.0. The molecule has 1 aliphatic heterocycles.